The highest BCUT2D eigenvalue weighted by Gasteiger charge is 1.94. The number of hydrogen-bond donors (Lipinski definition) is 1. The van der Waals surface area contributed by atoms with Gasteiger partial charge in [0, 0.05) is 18.1 Å². The first-order valence-electron chi connectivity index (χ1n) is 4.11. The summed E-state index contributed by atoms with van der Waals surface area (Å²) in [5, 5.41) is 3.23. The van der Waals surface area contributed by atoms with Gasteiger partial charge in [0.1, 0.15) is 0 Å². The second-order valence-corrected chi connectivity index (χ2v) is 3.29. The molecule has 1 N–H and O–H groups in total. The predicted molar refractivity (Wildman–Crippen MR) is 55.1 cm³/mol. The Kier molecular flexibility index (Phi) is 3.42. The molecule has 0 amide bonds. The van der Waals surface area contributed by atoms with Gasteiger partial charge in [-0.15, -0.1) is 11.6 Å². The summed E-state index contributed by atoms with van der Waals surface area (Å²) >= 11 is 5.56. The molecule has 1 aromatic carbocycles. The smallest absolute Gasteiger partial charge is 0.0396 e. The van der Waals surface area contributed by atoms with Gasteiger partial charge in [-0.05, 0) is 37.1 Å². The Morgan fingerprint density at radius 3 is 2.58 bits per heavy atom. The number of rotatable bonds is 3. The van der Waals surface area contributed by atoms with Crippen LogP contribution >= 0.6 is 11.6 Å². The van der Waals surface area contributed by atoms with E-state index in [1.807, 2.05) is 0 Å². The Bertz CT molecular complexity index is 258. The maximum Gasteiger partial charge on any atom is 0.0396 e. The van der Waals surface area contributed by atoms with Gasteiger partial charge in [-0.2, -0.15) is 0 Å². The van der Waals surface area contributed by atoms with Crippen molar-refractivity contribution in [3.8, 4) is 0 Å². The van der Waals surface area contributed by atoms with E-state index in [2.05, 4.69) is 37.4 Å². The standard InChI is InChI=1S/C10H14ClN/c1-8-3-4-10(7-9(8)2)12-6-5-11/h3-4,7,12H,5-6H2,1-2H3. The van der Waals surface area contributed by atoms with E-state index in [0.29, 0.717) is 5.88 Å². The number of halogens is 1. The van der Waals surface area contributed by atoms with Gasteiger partial charge < -0.3 is 5.32 Å². The first-order chi connectivity index (χ1) is 5.74. The van der Waals surface area contributed by atoms with E-state index in [9.17, 15) is 0 Å². The number of nitrogens with one attached hydrogen (secondary N) is 1. The third-order valence-electron chi connectivity index (χ3n) is 1.93. The Hall–Kier alpha value is -0.690. The minimum atomic E-state index is 0.646. The summed E-state index contributed by atoms with van der Waals surface area (Å²) in [4.78, 5) is 0. The largest absolute Gasteiger partial charge is 0.384 e. The molecular formula is C10H14ClN. The summed E-state index contributed by atoms with van der Waals surface area (Å²) < 4.78 is 0. The zero-order valence-electron chi connectivity index (χ0n) is 7.52. The van der Waals surface area contributed by atoms with Crippen molar-refractivity contribution < 1.29 is 0 Å². The van der Waals surface area contributed by atoms with Crippen LogP contribution in [-0.4, -0.2) is 12.4 Å². The molecule has 0 saturated carbocycles. The van der Waals surface area contributed by atoms with Crippen molar-refractivity contribution in [3.05, 3.63) is 29.3 Å². The highest BCUT2D eigenvalue weighted by molar-refractivity contribution is 6.18. The number of alkyl halides is 1. The molecule has 0 bridgehead atoms. The molecule has 0 saturated heterocycles. The molecule has 0 aliphatic heterocycles. The van der Waals surface area contributed by atoms with Crippen LogP contribution in [0.25, 0.3) is 0 Å². The minimum absolute atomic E-state index is 0.646. The normalized spacial score (nSPS) is 9.92. The second-order valence-electron chi connectivity index (χ2n) is 2.91. The summed E-state index contributed by atoms with van der Waals surface area (Å²) in [5.41, 5.74) is 3.79. The van der Waals surface area contributed by atoms with Crippen LogP contribution in [0.4, 0.5) is 5.69 Å². The first-order valence-corrected chi connectivity index (χ1v) is 4.64. The van der Waals surface area contributed by atoms with Crippen molar-refractivity contribution in [1.29, 1.82) is 0 Å². The van der Waals surface area contributed by atoms with E-state index in [1.54, 1.807) is 0 Å². The fourth-order valence-electron chi connectivity index (χ4n) is 1.04. The summed E-state index contributed by atoms with van der Waals surface area (Å²) in [6.45, 7) is 5.05. The quantitative estimate of drug-likeness (QED) is 0.711. The molecular weight excluding hydrogens is 170 g/mol. The average molecular weight is 184 g/mol. The van der Waals surface area contributed by atoms with Crippen LogP contribution in [0.5, 0.6) is 0 Å². The Labute approximate surface area is 78.7 Å². The molecule has 12 heavy (non-hydrogen) atoms. The molecule has 66 valence electrons. The first kappa shape index (κ1) is 9.40. The number of hydrogen-bond acceptors (Lipinski definition) is 1. The third kappa shape index (κ3) is 2.42. The summed E-state index contributed by atoms with van der Waals surface area (Å²) in [6, 6.07) is 6.34. The zero-order chi connectivity index (χ0) is 8.97. The fraction of sp³-hybridized carbons (Fsp3) is 0.400. The van der Waals surface area contributed by atoms with E-state index in [4.69, 9.17) is 11.6 Å². The van der Waals surface area contributed by atoms with Gasteiger partial charge in [0.2, 0.25) is 0 Å². The van der Waals surface area contributed by atoms with Gasteiger partial charge in [-0.25, -0.2) is 0 Å². The number of aryl methyl sites for hydroxylation is 2. The van der Waals surface area contributed by atoms with Gasteiger partial charge >= 0.3 is 0 Å². The maximum atomic E-state index is 5.56. The molecule has 0 unspecified atom stereocenters. The zero-order valence-corrected chi connectivity index (χ0v) is 8.28. The molecule has 0 fully saturated rings. The van der Waals surface area contributed by atoms with Crippen molar-refractivity contribution in [2.45, 2.75) is 13.8 Å². The molecule has 0 atom stereocenters. The van der Waals surface area contributed by atoms with Crippen molar-refractivity contribution in [2.24, 2.45) is 0 Å². The lowest BCUT2D eigenvalue weighted by Crippen LogP contribution is -2.02. The van der Waals surface area contributed by atoms with Gasteiger partial charge in [0.15, 0.2) is 0 Å². The van der Waals surface area contributed by atoms with Crippen molar-refractivity contribution >= 4 is 17.3 Å². The molecule has 2 heteroatoms. The van der Waals surface area contributed by atoms with Gasteiger partial charge in [-0.3, -0.25) is 0 Å². The van der Waals surface area contributed by atoms with Crippen LogP contribution in [0.1, 0.15) is 11.1 Å². The van der Waals surface area contributed by atoms with Crippen molar-refractivity contribution in [2.75, 3.05) is 17.7 Å². The molecule has 0 spiro atoms. The highest BCUT2D eigenvalue weighted by atomic mass is 35.5. The molecule has 1 rings (SSSR count). The van der Waals surface area contributed by atoms with Gasteiger partial charge in [0.05, 0.1) is 0 Å². The summed E-state index contributed by atoms with van der Waals surface area (Å²) in [5.74, 6) is 0.646. The third-order valence-corrected chi connectivity index (χ3v) is 2.12. The molecule has 0 heterocycles. The molecule has 0 radical (unpaired) electrons. The van der Waals surface area contributed by atoms with Gasteiger partial charge in [-0.1, -0.05) is 6.07 Å². The van der Waals surface area contributed by atoms with Crippen LogP contribution in [0.2, 0.25) is 0 Å². The lowest BCUT2D eigenvalue weighted by atomic mass is 10.1. The van der Waals surface area contributed by atoms with Crippen LogP contribution < -0.4 is 5.32 Å². The minimum Gasteiger partial charge on any atom is -0.384 e. The van der Waals surface area contributed by atoms with E-state index >= 15 is 0 Å². The highest BCUT2D eigenvalue weighted by Crippen LogP contribution is 2.13. The molecule has 0 aromatic heterocycles. The lowest BCUT2D eigenvalue weighted by Gasteiger charge is -2.06. The SMILES string of the molecule is Cc1ccc(NCCCl)cc1C. The second kappa shape index (κ2) is 4.36. The van der Waals surface area contributed by atoms with Crippen LogP contribution in [-0.2, 0) is 0 Å². The number of benzene rings is 1. The van der Waals surface area contributed by atoms with Crippen LogP contribution in [0, 0.1) is 13.8 Å². The van der Waals surface area contributed by atoms with Crippen LogP contribution in [0.3, 0.4) is 0 Å². The molecule has 1 nitrogen and oxygen atoms in total. The monoisotopic (exact) mass is 183 g/mol. The molecule has 0 aliphatic carbocycles. The van der Waals surface area contributed by atoms with Crippen LogP contribution in [0.15, 0.2) is 18.2 Å². The van der Waals surface area contributed by atoms with E-state index < -0.39 is 0 Å². The number of anilines is 1. The Morgan fingerprint density at radius 2 is 2.00 bits per heavy atom. The lowest BCUT2D eigenvalue weighted by molar-refractivity contribution is 1.21. The Morgan fingerprint density at radius 1 is 1.25 bits per heavy atom. The predicted octanol–water partition coefficient (Wildman–Crippen LogP) is 2.95. The van der Waals surface area contributed by atoms with Crippen molar-refractivity contribution in [1.82, 2.24) is 0 Å². The average Bonchev–Trinajstić information content (AvgIpc) is 2.07. The van der Waals surface area contributed by atoms with Gasteiger partial charge in [0.25, 0.3) is 0 Å². The maximum absolute atomic E-state index is 5.56. The van der Waals surface area contributed by atoms with E-state index in [0.717, 1.165) is 12.2 Å². The molecule has 0 aliphatic rings. The molecule has 1 aromatic rings. The Balaban J connectivity index is 2.69. The fourth-order valence-corrected chi connectivity index (χ4v) is 1.14. The van der Waals surface area contributed by atoms with E-state index in [-0.39, 0.29) is 0 Å². The summed E-state index contributed by atoms with van der Waals surface area (Å²) in [7, 11) is 0. The topological polar surface area (TPSA) is 12.0 Å². The van der Waals surface area contributed by atoms with E-state index in [1.165, 1.54) is 11.1 Å². The summed E-state index contributed by atoms with van der Waals surface area (Å²) in [6.07, 6.45) is 0. The van der Waals surface area contributed by atoms with Crippen molar-refractivity contribution in [3.63, 3.8) is 0 Å².